The summed E-state index contributed by atoms with van der Waals surface area (Å²) < 4.78 is 48.5. The largest absolute Gasteiger partial charge is 0.573 e. The molecule has 4 aromatic rings. The second-order valence-corrected chi connectivity index (χ2v) is 11.9. The van der Waals surface area contributed by atoms with Crippen LogP contribution in [0.2, 0.25) is 0 Å². The Hall–Kier alpha value is -4.88. The number of alkyl halides is 3. The third-order valence-corrected chi connectivity index (χ3v) is 7.91. The topological polar surface area (TPSA) is 95.1 Å². The lowest BCUT2D eigenvalue weighted by atomic mass is 10.1. The maximum atomic E-state index is 13.5. The number of halogens is 3. The van der Waals surface area contributed by atoms with Gasteiger partial charge in [-0.25, -0.2) is 4.98 Å². The zero-order chi connectivity index (χ0) is 34.3. The number of para-hydroxylation sites is 1. The Morgan fingerprint density at radius 1 is 0.938 bits per heavy atom. The van der Waals surface area contributed by atoms with Crippen molar-refractivity contribution in [3.8, 4) is 17.4 Å². The normalized spacial score (nSPS) is 13.8. The lowest BCUT2D eigenvalue weighted by molar-refractivity contribution is -0.274. The van der Waals surface area contributed by atoms with E-state index in [-0.39, 0.29) is 23.1 Å². The van der Waals surface area contributed by atoms with E-state index in [9.17, 15) is 18.0 Å². The van der Waals surface area contributed by atoms with Gasteiger partial charge in [0, 0.05) is 55.5 Å². The van der Waals surface area contributed by atoms with E-state index in [1.165, 1.54) is 18.3 Å². The van der Waals surface area contributed by atoms with Crippen molar-refractivity contribution in [2.24, 2.45) is 0 Å². The van der Waals surface area contributed by atoms with Crippen molar-refractivity contribution >= 4 is 28.9 Å². The highest BCUT2D eigenvalue weighted by Gasteiger charge is 2.31. The number of carbonyl (C=O) groups is 1. The van der Waals surface area contributed by atoms with Crippen LogP contribution in [0.5, 0.6) is 17.4 Å². The zero-order valence-corrected chi connectivity index (χ0v) is 27.5. The number of carbonyl (C=O) groups excluding carboxylic acids is 1. The van der Waals surface area contributed by atoms with Gasteiger partial charge in [0.05, 0.1) is 0 Å². The van der Waals surface area contributed by atoms with Gasteiger partial charge in [-0.05, 0) is 95.0 Å². The van der Waals surface area contributed by atoms with Crippen LogP contribution < -0.4 is 25.0 Å². The van der Waals surface area contributed by atoms with Crippen LogP contribution in [0.4, 0.5) is 36.2 Å². The zero-order valence-electron chi connectivity index (χ0n) is 27.5. The van der Waals surface area contributed by atoms with E-state index < -0.39 is 18.0 Å². The highest BCUT2D eigenvalue weighted by molar-refractivity contribution is 6.06. The van der Waals surface area contributed by atoms with Gasteiger partial charge in [-0.3, -0.25) is 9.69 Å². The SMILES string of the molecule is Cc1cccc(C)c1NC(=O)c1cnc(Nc2ccc(N3CCN(CCCN(C)C)CC3)cc2)nc1Oc1cccc(OC(F)(F)F)c1. The number of nitrogens with zero attached hydrogens (tertiary/aromatic N) is 5. The first kappa shape index (κ1) is 34.5. The van der Waals surface area contributed by atoms with Crippen molar-refractivity contribution in [2.45, 2.75) is 26.6 Å². The lowest BCUT2D eigenvalue weighted by Gasteiger charge is -2.36. The maximum absolute atomic E-state index is 13.5. The minimum Gasteiger partial charge on any atom is -0.438 e. The minimum absolute atomic E-state index is 0.00956. The van der Waals surface area contributed by atoms with E-state index in [1.807, 2.05) is 56.3 Å². The number of aryl methyl sites for hydroxylation is 2. The van der Waals surface area contributed by atoms with Crippen LogP contribution in [0.3, 0.4) is 0 Å². The molecule has 48 heavy (non-hydrogen) atoms. The van der Waals surface area contributed by atoms with Gasteiger partial charge in [0.25, 0.3) is 5.91 Å². The summed E-state index contributed by atoms with van der Waals surface area (Å²) in [5.41, 5.74) is 4.14. The summed E-state index contributed by atoms with van der Waals surface area (Å²) in [6.07, 6.45) is -2.41. The van der Waals surface area contributed by atoms with E-state index in [0.717, 1.165) is 74.6 Å². The van der Waals surface area contributed by atoms with Gasteiger partial charge in [-0.2, -0.15) is 4.98 Å². The minimum atomic E-state index is -4.88. The lowest BCUT2D eigenvalue weighted by Crippen LogP contribution is -2.46. The average Bonchev–Trinajstić information content (AvgIpc) is 3.03. The molecule has 1 saturated heterocycles. The van der Waals surface area contributed by atoms with Crippen LogP contribution in [0, 0.1) is 13.8 Å². The third-order valence-electron chi connectivity index (χ3n) is 7.91. The van der Waals surface area contributed by atoms with Gasteiger partial charge in [-0.1, -0.05) is 24.3 Å². The summed E-state index contributed by atoms with van der Waals surface area (Å²) >= 11 is 0. The molecule has 1 fully saturated rings. The number of piperazine rings is 1. The second kappa shape index (κ2) is 15.3. The third kappa shape index (κ3) is 9.58. The summed E-state index contributed by atoms with van der Waals surface area (Å²) in [6.45, 7) is 9.83. The van der Waals surface area contributed by atoms with Crippen LogP contribution in [0.1, 0.15) is 27.9 Å². The number of benzene rings is 3. The van der Waals surface area contributed by atoms with Crippen LogP contribution in [0.15, 0.2) is 72.9 Å². The first-order chi connectivity index (χ1) is 22.9. The van der Waals surface area contributed by atoms with Crippen LogP contribution in [-0.2, 0) is 0 Å². The van der Waals surface area contributed by atoms with Gasteiger partial charge in [0.15, 0.2) is 0 Å². The molecule has 1 aliphatic heterocycles. The number of nitrogens with one attached hydrogen (secondary N) is 2. The van der Waals surface area contributed by atoms with Crippen LogP contribution in [0.25, 0.3) is 0 Å². The Bertz CT molecular complexity index is 1670. The van der Waals surface area contributed by atoms with E-state index in [4.69, 9.17) is 4.74 Å². The fraction of sp³-hybridized carbons (Fsp3) is 0.343. The van der Waals surface area contributed by atoms with E-state index >= 15 is 0 Å². The molecule has 0 aliphatic carbocycles. The predicted octanol–water partition coefficient (Wildman–Crippen LogP) is 6.85. The highest BCUT2D eigenvalue weighted by Crippen LogP contribution is 2.31. The molecule has 10 nitrogen and oxygen atoms in total. The predicted molar refractivity (Wildman–Crippen MR) is 181 cm³/mol. The summed E-state index contributed by atoms with van der Waals surface area (Å²) in [6, 6.07) is 18.5. The quantitative estimate of drug-likeness (QED) is 0.169. The number of amides is 1. The molecular weight excluding hydrogens is 623 g/mol. The maximum Gasteiger partial charge on any atom is 0.573 e. The molecule has 0 spiro atoms. The molecule has 13 heteroatoms. The molecule has 1 aromatic heterocycles. The second-order valence-electron chi connectivity index (χ2n) is 11.9. The molecule has 2 N–H and O–H groups in total. The summed E-state index contributed by atoms with van der Waals surface area (Å²) in [7, 11) is 4.19. The standard InChI is InChI=1S/C35H40F3N7O3/c1-24-8-5-9-25(2)31(24)41-32(46)30-23-39-34(42-33(30)47-28-10-6-11-29(22-28)48-35(36,37)38)40-26-12-14-27(15-13-26)45-20-18-44(19-21-45)17-7-16-43(3)4/h5-6,8-15,22-23H,7,16-21H2,1-4H3,(H,41,46)(H,39,40,42). The number of ether oxygens (including phenoxy) is 2. The molecule has 0 bridgehead atoms. The first-order valence-electron chi connectivity index (χ1n) is 15.7. The number of aromatic nitrogens is 2. The number of anilines is 4. The van der Waals surface area contributed by atoms with Crippen molar-refractivity contribution in [1.82, 2.24) is 19.8 Å². The summed E-state index contributed by atoms with van der Waals surface area (Å²) in [5.74, 6) is -1.04. The van der Waals surface area contributed by atoms with E-state index in [2.05, 4.69) is 54.1 Å². The Balaban J connectivity index is 1.32. The molecule has 254 valence electrons. The average molecular weight is 664 g/mol. The molecule has 1 aliphatic rings. The smallest absolute Gasteiger partial charge is 0.438 e. The Morgan fingerprint density at radius 3 is 2.27 bits per heavy atom. The summed E-state index contributed by atoms with van der Waals surface area (Å²) in [5, 5.41) is 6.02. The molecule has 0 atom stereocenters. The number of rotatable bonds is 12. The molecular formula is C35H40F3N7O3. The monoisotopic (exact) mass is 663 g/mol. The van der Waals surface area contributed by atoms with Crippen LogP contribution >= 0.6 is 0 Å². The first-order valence-corrected chi connectivity index (χ1v) is 15.7. The van der Waals surface area contributed by atoms with E-state index in [1.54, 1.807) is 0 Å². The van der Waals surface area contributed by atoms with Gasteiger partial charge in [0.1, 0.15) is 17.1 Å². The van der Waals surface area contributed by atoms with E-state index in [0.29, 0.717) is 11.4 Å². The molecule has 5 rings (SSSR count). The van der Waals surface area contributed by atoms with Crippen molar-refractivity contribution in [1.29, 1.82) is 0 Å². The van der Waals surface area contributed by atoms with Crippen molar-refractivity contribution in [3.63, 3.8) is 0 Å². The van der Waals surface area contributed by atoms with Crippen molar-refractivity contribution in [2.75, 3.05) is 68.9 Å². The molecule has 3 aromatic carbocycles. The summed E-state index contributed by atoms with van der Waals surface area (Å²) in [4.78, 5) is 29.3. The van der Waals surface area contributed by atoms with Crippen molar-refractivity contribution < 1.29 is 27.4 Å². The molecule has 0 unspecified atom stereocenters. The van der Waals surface area contributed by atoms with Gasteiger partial charge in [-0.15, -0.1) is 13.2 Å². The fourth-order valence-corrected chi connectivity index (χ4v) is 5.42. The Kier molecular flexibility index (Phi) is 11.0. The molecule has 2 heterocycles. The molecule has 0 radical (unpaired) electrons. The van der Waals surface area contributed by atoms with Crippen LogP contribution in [-0.4, -0.2) is 85.4 Å². The van der Waals surface area contributed by atoms with Gasteiger partial charge < -0.3 is 29.9 Å². The highest BCUT2D eigenvalue weighted by atomic mass is 19.4. The van der Waals surface area contributed by atoms with Gasteiger partial charge >= 0.3 is 6.36 Å². The number of hydrogen-bond acceptors (Lipinski definition) is 9. The Labute approximate surface area is 278 Å². The molecule has 1 amide bonds. The van der Waals surface area contributed by atoms with Gasteiger partial charge in [0.2, 0.25) is 11.8 Å². The Morgan fingerprint density at radius 2 is 1.60 bits per heavy atom. The number of hydrogen-bond donors (Lipinski definition) is 2. The fourth-order valence-electron chi connectivity index (χ4n) is 5.42. The van der Waals surface area contributed by atoms with Crippen molar-refractivity contribution in [3.05, 3.63) is 89.6 Å². The molecule has 0 saturated carbocycles.